The molecule has 0 N–H and O–H groups in total. The largest absolute Gasteiger partial charge is 0.493 e. The van der Waals surface area contributed by atoms with Gasteiger partial charge in [0, 0.05) is 25.5 Å². The van der Waals surface area contributed by atoms with E-state index in [1.165, 1.54) is 36.7 Å². The number of fused-ring (bicyclic) bond motifs is 2. The molecule has 0 atom stereocenters. The smallest absolute Gasteiger partial charge is 0.332 e. The van der Waals surface area contributed by atoms with Gasteiger partial charge in [-0.25, -0.2) is 14.8 Å². The van der Waals surface area contributed by atoms with Crippen LogP contribution in [0, 0.1) is 0 Å². The first-order chi connectivity index (χ1) is 13.4. The van der Waals surface area contributed by atoms with Gasteiger partial charge >= 0.3 is 5.69 Å². The summed E-state index contributed by atoms with van der Waals surface area (Å²) in [6, 6.07) is 3.37. The predicted molar refractivity (Wildman–Crippen MR) is 103 cm³/mol. The zero-order chi connectivity index (χ0) is 20.2. The zero-order valence-electron chi connectivity index (χ0n) is 15.4. The molecule has 1 aromatic carbocycles. The highest BCUT2D eigenvalue weighted by atomic mass is 35.5. The minimum Gasteiger partial charge on any atom is -0.493 e. The van der Waals surface area contributed by atoms with Crippen LogP contribution in [0.3, 0.4) is 0 Å². The van der Waals surface area contributed by atoms with Crippen molar-refractivity contribution in [3.05, 3.63) is 44.6 Å². The van der Waals surface area contributed by atoms with Crippen molar-refractivity contribution in [2.45, 2.75) is 0 Å². The Labute approximate surface area is 162 Å². The van der Waals surface area contributed by atoms with Crippen LogP contribution in [-0.2, 0) is 14.1 Å². The maximum Gasteiger partial charge on any atom is 0.332 e. The van der Waals surface area contributed by atoms with E-state index in [2.05, 4.69) is 15.0 Å². The summed E-state index contributed by atoms with van der Waals surface area (Å²) in [6.07, 6.45) is 1.42. The molecule has 3 heterocycles. The van der Waals surface area contributed by atoms with E-state index in [1.807, 2.05) is 0 Å². The SMILES string of the molecule is COc1cc2nc(Cl)nc(-n3cnc4c(=O)n(C)c(=O)n(C)c43)c2cc1OC. The average Bonchev–Trinajstić information content (AvgIpc) is 3.14. The molecule has 3 aromatic heterocycles. The highest BCUT2D eigenvalue weighted by Gasteiger charge is 2.19. The molecule has 0 amide bonds. The van der Waals surface area contributed by atoms with E-state index in [-0.39, 0.29) is 10.8 Å². The van der Waals surface area contributed by atoms with Gasteiger partial charge in [-0.1, -0.05) is 0 Å². The molecule has 4 aromatic rings. The van der Waals surface area contributed by atoms with Crippen molar-refractivity contribution in [1.82, 2.24) is 28.7 Å². The molecule has 0 unspecified atom stereocenters. The lowest BCUT2D eigenvalue weighted by atomic mass is 10.2. The van der Waals surface area contributed by atoms with Crippen molar-refractivity contribution in [3.63, 3.8) is 0 Å². The summed E-state index contributed by atoms with van der Waals surface area (Å²) in [4.78, 5) is 37.5. The normalized spacial score (nSPS) is 11.3. The molecule has 0 fully saturated rings. The van der Waals surface area contributed by atoms with Crippen molar-refractivity contribution in [2.24, 2.45) is 14.1 Å². The molecule has 0 spiro atoms. The lowest BCUT2D eigenvalue weighted by Gasteiger charge is -2.13. The molecule has 0 aliphatic rings. The average molecular weight is 403 g/mol. The molecule has 0 saturated heterocycles. The third-order valence-electron chi connectivity index (χ3n) is 4.52. The Kier molecular flexibility index (Phi) is 4.07. The van der Waals surface area contributed by atoms with Crippen LogP contribution in [0.25, 0.3) is 27.9 Å². The molecule has 0 radical (unpaired) electrons. The van der Waals surface area contributed by atoms with Crippen LogP contribution in [0.2, 0.25) is 5.28 Å². The summed E-state index contributed by atoms with van der Waals surface area (Å²) < 4.78 is 14.5. The minimum absolute atomic E-state index is 0.00889. The van der Waals surface area contributed by atoms with E-state index in [4.69, 9.17) is 21.1 Å². The molecule has 0 saturated carbocycles. The quantitative estimate of drug-likeness (QED) is 0.471. The molecule has 0 aliphatic carbocycles. The van der Waals surface area contributed by atoms with Gasteiger partial charge in [-0.3, -0.25) is 18.5 Å². The summed E-state index contributed by atoms with van der Waals surface area (Å²) >= 11 is 6.13. The van der Waals surface area contributed by atoms with Crippen LogP contribution in [0.1, 0.15) is 0 Å². The number of halogens is 1. The molecular formula is C17H15ClN6O4. The lowest BCUT2D eigenvalue weighted by Crippen LogP contribution is -2.37. The molecule has 28 heavy (non-hydrogen) atoms. The number of rotatable bonds is 3. The van der Waals surface area contributed by atoms with Gasteiger partial charge in [0.25, 0.3) is 5.56 Å². The molecule has 11 heteroatoms. The number of aromatic nitrogens is 6. The van der Waals surface area contributed by atoms with E-state index < -0.39 is 11.2 Å². The van der Waals surface area contributed by atoms with Gasteiger partial charge in [0.05, 0.1) is 19.7 Å². The van der Waals surface area contributed by atoms with E-state index in [1.54, 1.807) is 19.2 Å². The van der Waals surface area contributed by atoms with Crippen LogP contribution in [0.5, 0.6) is 11.5 Å². The highest BCUT2D eigenvalue weighted by Crippen LogP contribution is 2.34. The third-order valence-corrected chi connectivity index (χ3v) is 4.69. The van der Waals surface area contributed by atoms with Gasteiger partial charge in [0.1, 0.15) is 6.33 Å². The zero-order valence-corrected chi connectivity index (χ0v) is 16.2. The minimum atomic E-state index is -0.499. The second-order valence-corrected chi connectivity index (χ2v) is 6.37. The number of imidazole rings is 1. The molecule has 4 rings (SSSR count). The number of nitrogens with zero attached hydrogens (tertiary/aromatic N) is 6. The number of benzene rings is 1. The summed E-state index contributed by atoms with van der Waals surface area (Å²) in [5.41, 5.74) is -0.0567. The fourth-order valence-electron chi connectivity index (χ4n) is 3.13. The third kappa shape index (κ3) is 2.45. The Balaban J connectivity index is 2.16. The van der Waals surface area contributed by atoms with Crippen LogP contribution < -0.4 is 20.7 Å². The van der Waals surface area contributed by atoms with Gasteiger partial charge in [0.2, 0.25) is 5.28 Å². The van der Waals surface area contributed by atoms with Gasteiger partial charge in [0.15, 0.2) is 28.5 Å². The lowest BCUT2D eigenvalue weighted by molar-refractivity contribution is 0.356. The molecular weight excluding hydrogens is 388 g/mol. The molecule has 144 valence electrons. The number of hydrogen-bond acceptors (Lipinski definition) is 7. The summed E-state index contributed by atoms with van der Waals surface area (Å²) in [5, 5.41) is 0.569. The maximum atomic E-state index is 12.4. The van der Waals surface area contributed by atoms with E-state index >= 15 is 0 Å². The number of hydrogen-bond donors (Lipinski definition) is 0. The first-order valence-corrected chi connectivity index (χ1v) is 8.48. The van der Waals surface area contributed by atoms with E-state index in [0.29, 0.717) is 33.9 Å². The van der Waals surface area contributed by atoms with Crippen LogP contribution in [-0.4, -0.2) is 42.9 Å². The highest BCUT2D eigenvalue weighted by molar-refractivity contribution is 6.28. The van der Waals surface area contributed by atoms with E-state index in [0.717, 1.165) is 4.57 Å². The Hall–Kier alpha value is -3.40. The summed E-state index contributed by atoms with van der Waals surface area (Å²) in [6.45, 7) is 0. The second-order valence-electron chi connectivity index (χ2n) is 6.03. The van der Waals surface area contributed by atoms with Gasteiger partial charge < -0.3 is 9.47 Å². The predicted octanol–water partition coefficient (Wildman–Crippen LogP) is 1.04. The fraction of sp³-hybridized carbons (Fsp3) is 0.235. The first kappa shape index (κ1) is 18.0. The topological polar surface area (TPSA) is 106 Å². The Bertz CT molecular complexity index is 1370. The summed E-state index contributed by atoms with van der Waals surface area (Å²) in [5.74, 6) is 1.30. The molecule has 0 bridgehead atoms. The Morgan fingerprint density at radius 2 is 1.68 bits per heavy atom. The Morgan fingerprint density at radius 1 is 1.00 bits per heavy atom. The second kappa shape index (κ2) is 6.34. The molecule has 10 nitrogen and oxygen atoms in total. The van der Waals surface area contributed by atoms with Gasteiger partial charge in [-0.05, 0) is 17.7 Å². The van der Waals surface area contributed by atoms with Crippen molar-refractivity contribution < 1.29 is 9.47 Å². The number of ether oxygens (including phenoxy) is 2. The standard InChI is InChI=1S/C17H15ClN6O4/c1-22-14-12(15(25)23(2)17(22)26)19-7-24(14)13-8-5-10(27-3)11(28-4)6-9(8)20-16(18)21-13/h5-7H,1-4H3. The molecule has 0 aliphatic heterocycles. The monoisotopic (exact) mass is 402 g/mol. The van der Waals surface area contributed by atoms with Gasteiger partial charge in [-0.2, -0.15) is 4.98 Å². The van der Waals surface area contributed by atoms with Crippen molar-refractivity contribution >= 4 is 33.7 Å². The number of methoxy groups -OCH3 is 2. The van der Waals surface area contributed by atoms with Gasteiger partial charge in [-0.15, -0.1) is 0 Å². The van der Waals surface area contributed by atoms with Crippen LogP contribution in [0.15, 0.2) is 28.0 Å². The fourth-order valence-corrected chi connectivity index (χ4v) is 3.30. The van der Waals surface area contributed by atoms with Crippen molar-refractivity contribution in [3.8, 4) is 17.3 Å². The van der Waals surface area contributed by atoms with Crippen LogP contribution in [0.4, 0.5) is 0 Å². The first-order valence-electron chi connectivity index (χ1n) is 8.10. The van der Waals surface area contributed by atoms with Crippen LogP contribution >= 0.6 is 11.6 Å². The van der Waals surface area contributed by atoms with E-state index in [9.17, 15) is 9.59 Å². The maximum absolute atomic E-state index is 12.4. The Morgan fingerprint density at radius 3 is 2.36 bits per heavy atom. The number of aryl methyl sites for hydroxylation is 1. The van der Waals surface area contributed by atoms with Crippen molar-refractivity contribution in [2.75, 3.05) is 14.2 Å². The summed E-state index contributed by atoms with van der Waals surface area (Å²) in [7, 11) is 5.98. The van der Waals surface area contributed by atoms with Crippen molar-refractivity contribution in [1.29, 1.82) is 0 Å².